The third-order valence-electron chi connectivity index (χ3n) is 3.04. The second kappa shape index (κ2) is 5.78. The number of aryl methyl sites for hydroxylation is 1. The van der Waals surface area contributed by atoms with Crippen molar-refractivity contribution in [3.63, 3.8) is 0 Å². The molecule has 0 aliphatic heterocycles. The fourth-order valence-electron chi connectivity index (χ4n) is 1.99. The SMILES string of the molecule is COC(c1ccc(C)cc1)C(F)c1ccccc1. The molecule has 0 heterocycles. The highest BCUT2D eigenvalue weighted by molar-refractivity contribution is 5.27. The van der Waals surface area contributed by atoms with Gasteiger partial charge in [-0.3, -0.25) is 0 Å². The highest BCUT2D eigenvalue weighted by atomic mass is 19.1. The van der Waals surface area contributed by atoms with Crippen LogP contribution in [0, 0.1) is 6.92 Å². The van der Waals surface area contributed by atoms with Crippen LogP contribution in [0.5, 0.6) is 0 Å². The molecule has 2 heteroatoms. The summed E-state index contributed by atoms with van der Waals surface area (Å²) in [6.07, 6.45) is -1.72. The van der Waals surface area contributed by atoms with Crippen molar-refractivity contribution < 1.29 is 9.13 Å². The highest BCUT2D eigenvalue weighted by Crippen LogP contribution is 2.34. The van der Waals surface area contributed by atoms with Gasteiger partial charge < -0.3 is 4.74 Å². The van der Waals surface area contributed by atoms with Crippen molar-refractivity contribution in [3.8, 4) is 0 Å². The number of benzene rings is 2. The van der Waals surface area contributed by atoms with E-state index in [4.69, 9.17) is 4.74 Å². The maximum atomic E-state index is 14.5. The van der Waals surface area contributed by atoms with E-state index in [0.717, 1.165) is 11.1 Å². The number of rotatable bonds is 4. The van der Waals surface area contributed by atoms with E-state index >= 15 is 0 Å². The van der Waals surface area contributed by atoms with E-state index < -0.39 is 12.3 Å². The largest absolute Gasteiger partial charge is 0.373 e. The van der Waals surface area contributed by atoms with E-state index in [1.54, 1.807) is 19.2 Å². The molecule has 0 aliphatic carbocycles. The van der Waals surface area contributed by atoms with Crippen LogP contribution in [0.25, 0.3) is 0 Å². The third-order valence-corrected chi connectivity index (χ3v) is 3.04. The van der Waals surface area contributed by atoms with Gasteiger partial charge in [-0.05, 0) is 18.1 Å². The predicted molar refractivity (Wildman–Crippen MR) is 71.2 cm³/mol. The number of methoxy groups -OCH3 is 1. The van der Waals surface area contributed by atoms with Crippen LogP contribution in [0.1, 0.15) is 29.0 Å². The molecular weight excluding hydrogens is 227 g/mol. The molecule has 2 rings (SSSR count). The average molecular weight is 244 g/mol. The summed E-state index contributed by atoms with van der Waals surface area (Å²) in [5.41, 5.74) is 2.66. The molecule has 94 valence electrons. The summed E-state index contributed by atoms with van der Waals surface area (Å²) in [5, 5.41) is 0. The van der Waals surface area contributed by atoms with Gasteiger partial charge in [0.15, 0.2) is 6.17 Å². The van der Waals surface area contributed by atoms with Crippen LogP contribution in [0.15, 0.2) is 54.6 Å². The first kappa shape index (κ1) is 12.8. The Balaban J connectivity index is 2.26. The summed E-state index contributed by atoms with van der Waals surface area (Å²) in [6, 6.07) is 16.9. The number of hydrogen-bond acceptors (Lipinski definition) is 1. The van der Waals surface area contributed by atoms with Crippen LogP contribution < -0.4 is 0 Å². The molecule has 0 spiro atoms. The van der Waals surface area contributed by atoms with Crippen molar-refractivity contribution in [2.75, 3.05) is 7.11 Å². The Kier molecular flexibility index (Phi) is 4.11. The monoisotopic (exact) mass is 244 g/mol. The second-order valence-corrected chi connectivity index (χ2v) is 4.38. The summed E-state index contributed by atoms with van der Waals surface area (Å²) >= 11 is 0. The quantitative estimate of drug-likeness (QED) is 0.774. The van der Waals surface area contributed by atoms with Gasteiger partial charge in [-0.15, -0.1) is 0 Å². The molecule has 2 atom stereocenters. The van der Waals surface area contributed by atoms with Crippen LogP contribution in [-0.4, -0.2) is 7.11 Å². The minimum Gasteiger partial charge on any atom is -0.373 e. The molecule has 0 N–H and O–H groups in total. The molecule has 18 heavy (non-hydrogen) atoms. The van der Waals surface area contributed by atoms with Crippen molar-refractivity contribution in [1.29, 1.82) is 0 Å². The smallest absolute Gasteiger partial charge is 0.155 e. The van der Waals surface area contributed by atoms with Crippen LogP contribution >= 0.6 is 0 Å². The fourth-order valence-corrected chi connectivity index (χ4v) is 1.99. The summed E-state index contributed by atoms with van der Waals surface area (Å²) < 4.78 is 19.8. The van der Waals surface area contributed by atoms with Gasteiger partial charge in [-0.2, -0.15) is 0 Å². The van der Waals surface area contributed by atoms with Gasteiger partial charge in [-0.1, -0.05) is 60.2 Å². The first-order valence-corrected chi connectivity index (χ1v) is 6.00. The zero-order valence-electron chi connectivity index (χ0n) is 10.6. The minimum atomic E-state index is -1.15. The molecule has 0 saturated carbocycles. The average Bonchev–Trinajstić information content (AvgIpc) is 2.42. The number of hydrogen-bond donors (Lipinski definition) is 0. The Labute approximate surface area is 107 Å². The maximum absolute atomic E-state index is 14.5. The van der Waals surface area contributed by atoms with Crippen LogP contribution in [-0.2, 0) is 4.74 Å². The molecule has 2 aromatic rings. The van der Waals surface area contributed by atoms with E-state index in [1.165, 1.54) is 0 Å². The summed E-state index contributed by atoms with van der Waals surface area (Å²) in [5.74, 6) is 0. The van der Waals surface area contributed by atoms with E-state index in [9.17, 15) is 4.39 Å². The van der Waals surface area contributed by atoms with Gasteiger partial charge in [0, 0.05) is 7.11 Å². The predicted octanol–water partition coefficient (Wildman–Crippen LogP) is 4.39. The standard InChI is InChI=1S/C16H17FO/c1-12-8-10-14(11-9-12)16(18-2)15(17)13-6-4-3-5-7-13/h3-11,15-16H,1-2H3. The Morgan fingerprint density at radius 1 is 0.889 bits per heavy atom. The molecule has 0 bridgehead atoms. The fraction of sp³-hybridized carbons (Fsp3) is 0.250. The van der Waals surface area contributed by atoms with E-state index in [2.05, 4.69) is 0 Å². The lowest BCUT2D eigenvalue weighted by atomic mass is 9.98. The maximum Gasteiger partial charge on any atom is 0.155 e. The molecule has 2 unspecified atom stereocenters. The first-order chi connectivity index (χ1) is 8.72. The second-order valence-electron chi connectivity index (χ2n) is 4.38. The molecule has 0 saturated heterocycles. The summed E-state index contributed by atoms with van der Waals surface area (Å²) in [4.78, 5) is 0. The van der Waals surface area contributed by atoms with E-state index in [-0.39, 0.29) is 0 Å². The van der Waals surface area contributed by atoms with Crippen LogP contribution in [0.2, 0.25) is 0 Å². The van der Waals surface area contributed by atoms with Crippen molar-refractivity contribution >= 4 is 0 Å². The summed E-state index contributed by atoms with van der Waals surface area (Å²) in [7, 11) is 1.54. The van der Waals surface area contributed by atoms with Gasteiger partial charge in [0.1, 0.15) is 6.10 Å². The lowest BCUT2D eigenvalue weighted by molar-refractivity contribution is 0.0304. The van der Waals surface area contributed by atoms with Gasteiger partial charge >= 0.3 is 0 Å². The third kappa shape index (κ3) is 2.77. The van der Waals surface area contributed by atoms with Gasteiger partial charge in [0.05, 0.1) is 0 Å². The number of ether oxygens (including phenoxy) is 1. The van der Waals surface area contributed by atoms with Crippen molar-refractivity contribution in [1.82, 2.24) is 0 Å². The Morgan fingerprint density at radius 2 is 1.50 bits per heavy atom. The lowest BCUT2D eigenvalue weighted by Gasteiger charge is -2.20. The zero-order chi connectivity index (χ0) is 13.0. The lowest BCUT2D eigenvalue weighted by Crippen LogP contribution is -2.09. The van der Waals surface area contributed by atoms with Crippen LogP contribution in [0.3, 0.4) is 0 Å². The normalized spacial score (nSPS) is 14.2. The summed E-state index contributed by atoms with van der Waals surface area (Å²) in [6.45, 7) is 2.01. The Bertz CT molecular complexity index is 478. The zero-order valence-corrected chi connectivity index (χ0v) is 10.6. The molecule has 0 aliphatic rings. The van der Waals surface area contributed by atoms with Crippen molar-refractivity contribution in [3.05, 3.63) is 71.3 Å². The first-order valence-electron chi connectivity index (χ1n) is 6.00. The Hall–Kier alpha value is -1.67. The molecular formula is C16H17FO. The molecule has 1 nitrogen and oxygen atoms in total. The number of halogens is 1. The van der Waals surface area contributed by atoms with Crippen LogP contribution in [0.4, 0.5) is 4.39 Å². The molecule has 0 fully saturated rings. The molecule has 0 radical (unpaired) electrons. The van der Waals surface area contributed by atoms with Crippen molar-refractivity contribution in [2.45, 2.75) is 19.2 Å². The highest BCUT2D eigenvalue weighted by Gasteiger charge is 2.23. The Morgan fingerprint density at radius 3 is 2.06 bits per heavy atom. The van der Waals surface area contributed by atoms with Gasteiger partial charge in [0.2, 0.25) is 0 Å². The topological polar surface area (TPSA) is 9.23 Å². The molecule has 2 aromatic carbocycles. The molecule has 0 aromatic heterocycles. The minimum absolute atomic E-state index is 0.562. The molecule has 0 amide bonds. The number of alkyl halides is 1. The van der Waals surface area contributed by atoms with Gasteiger partial charge in [0.25, 0.3) is 0 Å². The van der Waals surface area contributed by atoms with Crippen molar-refractivity contribution in [2.24, 2.45) is 0 Å². The van der Waals surface area contributed by atoms with Gasteiger partial charge in [-0.25, -0.2) is 4.39 Å². The van der Waals surface area contributed by atoms with E-state index in [1.807, 2.05) is 49.4 Å². The van der Waals surface area contributed by atoms with E-state index in [0.29, 0.717) is 5.56 Å².